The summed E-state index contributed by atoms with van der Waals surface area (Å²) in [6.45, 7) is 6.18. The maximum Gasteiger partial charge on any atom is 0.419 e. The number of nitrogens with one attached hydrogen (secondary N) is 3. The molecular weight excluding hydrogens is 489 g/mol. The lowest BCUT2D eigenvalue weighted by molar-refractivity contribution is -0.138. The van der Waals surface area contributed by atoms with Gasteiger partial charge in [0, 0.05) is 60.5 Å². The van der Waals surface area contributed by atoms with Crippen LogP contribution < -0.4 is 10.2 Å². The molecule has 0 bridgehead atoms. The fourth-order valence-electron chi connectivity index (χ4n) is 5.70. The van der Waals surface area contributed by atoms with Gasteiger partial charge in [-0.1, -0.05) is 38.1 Å². The Labute approximate surface area is 219 Å². The summed E-state index contributed by atoms with van der Waals surface area (Å²) in [5.74, 6) is 1.29. The lowest BCUT2D eigenvalue weighted by Gasteiger charge is -2.29. The zero-order chi connectivity index (χ0) is 26.4. The summed E-state index contributed by atoms with van der Waals surface area (Å²) in [7, 11) is 0. The molecule has 6 nitrogen and oxygen atoms in total. The van der Waals surface area contributed by atoms with Crippen molar-refractivity contribution in [3.8, 4) is 11.3 Å². The van der Waals surface area contributed by atoms with Gasteiger partial charge in [0.1, 0.15) is 5.82 Å². The first-order valence-corrected chi connectivity index (χ1v) is 13.0. The molecule has 0 fully saturated rings. The quantitative estimate of drug-likeness (QED) is 0.287. The van der Waals surface area contributed by atoms with Crippen molar-refractivity contribution < 1.29 is 13.2 Å². The normalized spacial score (nSPS) is 15.1. The first-order valence-electron chi connectivity index (χ1n) is 13.0. The second-order valence-electron chi connectivity index (χ2n) is 9.70. The summed E-state index contributed by atoms with van der Waals surface area (Å²) >= 11 is 0. The number of hydrogen-bond acceptors (Lipinski definition) is 4. The molecule has 3 N–H and O–H groups in total. The number of aromatic nitrogens is 4. The molecule has 38 heavy (non-hydrogen) atoms. The Kier molecular flexibility index (Phi) is 6.01. The minimum Gasteiger partial charge on any atom is -0.368 e. The van der Waals surface area contributed by atoms with E-state index in [1.54, 1.807) is 0 Å². The van der Waals surface area contributed by atoms with Crippen LogP contribution in [0.25, 0.3) is 16.8 Å². The van der Waals surface area contributed by atoms with E-state index in [9.17, 15) is 13.2 Å². The highest BCUT2D eigenvalue weighted by Gasteiger charge is 2.33. The summed E-state index contributed by atoms with van der Waals surface area (Å²) in [5, 5.41) is 3.38. The second-order valence-corrected chi connectivity index (χ2v) is 9.70. The molecule has 2 aliphatic rings. The number of alkyl halides is 3. The van der Waals surface area contributed by atoms with Crippen LogP contribution in [0.5, 0.6) is 0 Å². The van der Waals surface area contributed by atoms with Gasteiger partial charge in [0.15, 0.2) is 0 Å². The number of fused-ring (bicyclic) bond motifs is 2. The first kappa shape index (κ1) is 24.3. The molecule has 0 radical (unpaired) electrons. The van der Waals surface area contributed by atoms with E-state index in [2.05, 4.69) is 69.4 Å². The topological polar surface area (TPSA) is 72.6 Å². The molecule has 0 amide bonds. The fourth-order valence-corrected chi connectivity index (χ4v) is 5.70. The number of benzene rings is 1. The average Bonchev–Trinajstić information content (AvgIpc) is 3.57. The van der Waals surface area contributed by atoms with Crippen LogP contribution in [0.4, 0.5) is 24.9 Å². The van der Waals surface area contributed by atoms with E-state index in [1.807, 2.05) is 11.1 Å². The minimum absolute atomic E-state index is 0.308. The number of H-pyrrole nitrogens is 2. The zero-order valence-corrected chi connectivity index (χ0v) is 21.3. The number of nitrogens with zero attached hydrogens (tertiary/aromatic N) is 3. The van der Waals surface area contributed by atoms with Crippen molar-refractivity contribution in [2.45, 2.75) is 45.8 Å². The van der Waals surface area contributed by atoms with Crippen molar-refractivity contribution in [1.29, 1.82) is 0 Å². The number of anilines is 2. The molecule has 2 aliphatic heterocycles. The Morgan fingerprint density at radius 3 is 2.39 bits per heavy atom. The summed E-state index contributed by atoms with van der Waals surface area (Å²) in [5.41, 5.74) is 9.83. The van der Waals surface area contributed by atoms with Crippen LogP contribution in [0.2, 0.25) is 0 Å². The van der Waals surface area contributed by atoms with Gasteiger partial charge in [-0.05, 0) is 42.0 Å². The molecule has 0 aliphatic carbocycles. The Balaban J connectivity index is 1.48. The first-order chi connectivity index (χ1) is 18.4. The van der Waals surface area contributed by atoms with Crippen LogP contribution in [0, 0.1) is 0 Å². The Morgan fingerprint density at radius 2 is 1.71 bits per heavy atom. The van der Waals surface area contributed by atoms with Gasteiger partial charge in [0.25, 0.3) is 0 Å². The third-order valence-electron chi connectivity index (χ3n) is 7.59. The van der Waals surface area contributed by atoms with E-state index >= 15 is 0 Å². The van der Waals surface area contributed by atoms with Gasteiger partial charge in [-0.25, -0.2) is 9.97 Å². The molecule has 196 valence electrons. The third kappa shape index (κ3) is 4.06. The van der Waals surface area contributed by atoms with Crippen molar-refractivity contribution in [1.82, 2.24) is 19.9 Å². The summed E-state index contributed by atoms with van der Waals surface area (Å²) in [6.07, 6.45) is 3.97. The van der Waals surface area contributed by atoms with Crippen molar-refractivity contribution in [2.75, 3.05) is 23.3 Å². The number of aromatic amines is 2. The Hall–Kier alpha value is -4.01. The Bertz CT molecular complexity index is 1490. The van der Waals surface area contributed by atoms with E-state index < -0.39 is 11.7 Å². The van der Waals surface area contributed by atoms with Crippen molar-refractivity contribution in [3.05, 3.63) is 88.0 Å². The van der Waals surface area contributed by atoms with Crippen LogP contribution in [0.1, 0.15) is 52.9 Å². The standard InChI is InChI=1S/C29H29F3N6/c1-3-17-6-5-7-18(4-2)24(17)26-21-10-13-38(28-35-14-19(15-36-28)29(30,31)32)16-23(21)25(37-26)20-8-11-33-27-22(20)9-12-34-27/h5-9,12,14-15,33-34,37H,3-4,10-11,13,16H2,1-2H3. The molecule has 0 unspecified atom stereocenters. The average molecular weight is 519 g/mol. The van der Waals surface area contributed by atoms with Gasteiger partial charge in [-0.3, -0.25) is 0 Å². The minimum atomic E-state index is -4.46. The molecule has 0 atom stereocenters. The molecule has 1 aromatic carbocycles. The van der Waals surface area contributed by atoms with Gasteiger partial charge in [-0.2, -0.15) is 13.2 Å². The number of rotatable bonds is 5. The SMILES string of the molecule is CCc1cccc(CC)c1-c1[nH]c(C2=CCNc3[nH]ccc32)c2c1CCN(c1ncc(C(F)(F)F)cn1)C2. The maximum atomic E-state index is 13.1. The van der Waals surface area contributed by atoms with Gasteiger partial charge in [-0.15, -0.1) is 0 Å². The molecule has 0 saturated heterocycles. The van der Waals surface area contributed by atoms with Gasteiger partial charge < -0.3 is 20.2 Å². The van der Waals surface area contributed by atoms with Gasteiger partial charge in [0.2, 0.25) is 5.95 Å². The molecule has 3 aromatic heterocycles. The van der Waals surface area contributed by atoms with Gasteiger partial charge >= 0.3 is 6.18 Å². The maximum absolute atomic E-state index is 13.1. The molecule has 4 aromatic rings. The van der Waals surface area contributed by atoms with Crippen molar-refractivity contribution in [2.24, 2.45) is 0 Å². The van der Waals surface area contributed by atoms with Crippen LogP contribution >= 0.6 is 0 Å². The van der Waals surface area contributed by atoms with Crippen molar-refractivity contribution in [3.63, 3.8) is 0 Å². The predicted molar refractivity (Wildman–Crippen MR) is 143 cm³/mol. The summed E-state index contributed by atoms with van der Waals surface area (Å²) in [6, 6.07) is 8.58. The van der Waals surface area contributed by atoms with Crippen LogP contribution in [0.3, 0.4) is 0 Å². The van der Waals surface area contributed by atoms with E-state index in [1.165, 1.54) is 22.3 Å². The lowest BCUT2D eigenvalue weighted by Crippen LogP contribution is -2.32. The highest BCUT2D eigenvalue weighted by molar-refractivity contribution is 5.90. The molecule has 6 rings (SSSR count). The largest absolute Gasteiger partial charge is 0.419 e. The van der Waals surface area contributed by atoms with Crippen LogP contribution in [-0.2, 0) is 32.0 Å². The summed E-state index contributed by atoms with van der Waals surface area (Å²) in [4.78, 5) is 17.3. The lowest BCUT2D eigenvalue weighted by atomic mass is 9.89. The molecule has 0 spiro atoms. The predicted octanol–water partition coefficient (Wildman–Crippen LogP) is 6.36. The Morgan fingerprint density at radius 1 is 0.974 bits per heavy atom. The molecular formula is C29H29F3N6. The van der Waals surface area contributed by atoms with E-state index in [0.29, 0.717) is 25.6 Å². The third-order valence-corrected chi connectivity index (χ3v) is 7.59. The number of halogens is 3. The van der Waals surface area contributed by atoms with E-state index in [-0.39, 0.29) is 0 Å². The van der Waals surface area contributed by atoms with Crippen molar-refractivity contribution >= 4 is 17.3 Å². The zero-order valence-electron chi connectivity index (χ0n) is 21.3. The second kappa shape index (κ2) is 9.38. The molecule has 9 heteroatoms. The molecule has 0 saturated carbocycles. The van der Waals surface area contributed by atoms with Crippen LogP contribution in [0.15, 0.2) is 48.9 Å². The number of hydrogen-bond donors (Lipinski definition) is 3. The highest BCUT2D eigenvalue weighted by Crippen LogP contribution is 2.42. The summed E-state index contributed by atoms with van der Waals surface area (Å²) < 4.78 is 39.3. The van der Waals surface area contributed by atoms with E-state index in [0.717, 1.165) is 65.6 Å². The monoisotopic (exact) mass is 518 g/mol. The van der Waals surface area contributed by atoms with Gasteiger partial charge in [0.05, 0.1) is 17.0 Å². The molecule has 5 heterocycles. The van der Waals surface area contributed by atoms with Crippen LogP contribution in [-0.4, -0.2) is 33.0 Å². The fraction of sp³-hybridized carbons (Fsp3) is 0.310. The van der Waals surface area contributed by atoms with E-state index in [4.69, 9.17) is 0 Å². The highest BCUT2D eigenvalue weighted by atomic mass is 19.4. The number of aryl methyl sites for hydroxylation is 2. The smallest absolute Gasteiger partial charge is 0.368 e.